The van der Waals surface area contributed by atoms with Crippen LogP contribution in [0.3, 0.4) is 0 Å². The number of hydrogen-bond acceptors (Lipinski definition) is 4. The minimum atomic E-state index is 0.910. The maximum absolute atomic E-state index is 9.22. The maximum Gasteiger partial charge on any atom is 0.337 e. The predicted molar refractivity (Wildman–Crippen MR) is 94.0 cm³/mol. The number of thiophene rings is 2. The van der Waals surface area contributed by atoms with Crippen LogP contribution in [0.1, 0.15) is 40.1 Å². The molecule has 1 aliphatic carbocycles. The molecule has 0 amide bonds. The van der Waals surface area contributed by atoms with Crippen LogP contribution in [0.4, 0.5) is 0 Å². The largest absolute Gasteiger partial charge is 0.449 e. The zero-order chi connectivity index (χ0) is 15.0. The molecule has 0 aliphatic heterocycles. The smallest absolute Gasteiger partial charge is 0.337 e. The van der Waals surface area contributed by atoms with Crippen LogP contribution in [-0.2, 0) is 0 Å². The fourth-order valence-corrected chi connectivity index (χ4v) is 4.83. The van der Waals surface area contributed by atoms with Crippen LogP contribution in [0.25, 0.3) is 11.1 Å². The van der Waals surface area contributed by atoms with E-state index in [1.807, 2.05) is 0 Å². The third-order valence-electron chi connectivity index (χ3n) is 4.00. The van der Waals surface area contributed by atoms with E-state index in [0.29, 0.717) is 0 Å². The number of rotatable bonds is 4. The van der Waals surface area contributed by atoms with Gasteiger partial charge in [-0.25, -0.2) is 0 Å². The Morgan fingerprint density at radius 2 is 1.29 bits per heavy atom. The molecule has 0 saturated carbocycles. The molecular formula is C15H16B2O2S2. The van der Waals surface area contributed by atoms with Gasteiger partial charge in [0.25, 0.3) is 0 Å². The van der Waals surface area contributed by atoms with Gasteiger partial charge in [-0.15, -0.1) is 0 Å². The third kappa shape index (κ3) is 2.78. The van der Waals surface area contributed by atoms with Crippen LogP contribution in [0.5, 0.6) is 0 Å². The van der Waals surface area contributed by atoms with Gasteiger partial charge in [0, 0.05) is 19.3 Å². The van der Waals surface area contributed by atoms with E-state index < -0.39 is 0 Å². The molecule has 2 N–H and O–H groups in total. The molecule has 0 bridgehead atoms. The first-order valence-corrected chi connectivity index (χ1v) is 8.66. The molecule has 0 fully saturated rings. The molecule has 0 spiro atoms. The zero-order valence-corrected chi connectivity index (χ0v) is 13.8. The Kier molecular flexibility index (Phi) is 4.41. The first-order chi connectivity index (χ1) is 10.1. The molecule has 1 aliphatic rings. The standard InChI is InChI=1S/C15H16B2O2S2/c1-8-12(6-14(16-18)20-8)10-4-3-5-11(10)13-7-15(17-19)21-9(13)2/h6-7,18-19H,3-5H2,1-2H3. The van der Waals surface area contributed by atoms with Crippen molar-refractivity contribution in [3.8, 4) is 0 Å². The Bertz CT molecular complexity index is 642. The van der Waals surface area contributed by atoms with Crippen LogP contribution in [0.15, 0.2) is 12.1 Å². The van der Waals surface area contributed by atoms with Crippen molar-refractivity contribution >= 4 is 58.3 Å². The minimum Gasteiger partial charge on any atom is -0.449 e. The van der Waals surface area contributed by atoms with E-state index in [0.717, 1.165) is 22.4 Å². The van der Waals surface area contributed by atoms with Crippen molar-refractivity contribution in [3.63, 3.8) is 0 Å². The molecule has 0 atom stereocenters. The average Bonchev–Trinajstić information content (AvgIpc) is 3.16. The molecule has 21 heavy (non-hydrogen) atoms. The lowest BCUT2D eigenvalue weighted by atomic mass is 9.92. The first kappa shape index (κ1) is 15.1. The highest BCUT2D eigenvalue weighted by atomic mass is 32.1. The highest BCUT2D eigenvalue weighted by Crippen LogP contribution is 2.42. The summed E-state index contributed by atoms with van der Waals surface area (Å²) in [5.74, 6) is 0. The summed E-state index contributed by atoms with van der Waals surface area (Å²) in [6.07, 6.45) is 3.35. The Labute approximate surface area is 134 Å². The van der Waals surface area contributed by atoms with Crippen molar-refractivity contribution in [3.05, 3.63) is 33.0 Å². The topological polar surface area (TPSA) is 40.5 Å². The van der Waals surface area contributed by atoms with Crippen molar-refractivity contribution in [2.45, 2.75) is 33.1 Å². The highest BCUT2D eigenvalue weighted by Gasteiger charge is 2.22. The quantitative estimate of drug-likeness (QED) is 0.848. The molecule has 2 aromatic heterocycles. The summed E-state index contributed by atoms with van der Waals surface area (Å²) in [6, 6.07) is 4.17. The SMILES string of the molecule is Cc1sc([B]O)cc1C1=C(c2cc([B]O)sc2C)CCC1. The van der Waals surface area contributed by atoms with Crippen molar-refractivity contribution in [1.82, 2.24) is 0 Å². The average molecular weight is 314 g/mol. The third-order valence-corrected chi connectivity index (χ3v) is 5.97. The lowest BCUT2D eigenvalue weighted by molar-refractivity contribution is 0.615. The zero-order valence-electron chi connectivity index (χ0n) is 12.1. The molecule has 2 aromatic rings. The summed E-state index contributed by atoms with van der Waals surface area (Å²) in [5.41, 5.74) is 5.35. The summed E-state index contributed by atoms with van der Waals surface area (Å²) >= 11 is 3.26. The second-order valence-corrected chi connectivity index (χ2v) is 7.88. The Morgan fingerprint density at radius 1 is 0.857 bits per heavy atom. The van der Waals surface area contributed by atoms with Gasteiger partial charge in [0.1, 0.15) is 0 Å². The van der Waals surface area contributed by atoms with Crippen molar-refractivity contribution in [1.29, 1.82) is 0 Å². The van der Waals surface area contributed by atoms with E-state index in [1.165, 1.54) is 53.4 Å². The molecule has 2 radical (unpaired) electrons. The van der Waals surface area contributed by atoms with Crippen molar-refractivity contribution < 1.29 is 10.0 Å². The summed E-state index contributed by atoms with van der Waals surface area (Å²) in [5, 5.41) is 18.4. The van der Waals surface area contributed by atoms with Crippen LogP contribution in [0, 0.1) is 13.8 Å². The summed E-state index contributed by atoms with van der Waals surface area (Å²) in [4.78, 5) is 2.51. The summed E-state index contributed by atoms with van der Waals surface area (Å²) in [6.45, 7) is 4.23. The van der Waals surface area contributed by atoms with Gasteiger partial charge >= 0.3 is 15.0 Å². The maximum atomic E-state index is 9.22. The second-order valence-electron chi connectivity index (χ2n) is 5.31. The normalized spacial score (nSPS) is 14.9. The molecule has 3 rings (SSSR count). The number of allylic oxidation sites excluding steroid dienone is 2. The Balaban J connectivity index is 2.09. The molecule has 0 saturated heterocycles. The molecule has 106 valence electrons. The number of aryl methyl sites for hydroxylation is 2. The van der Waals surface area contributed by atoms with E-state index in [1.54, 1.807) is 22.7 Å². The highest BCUT2D eigenvalue weighted by molar-refractivity contribution is 7.21. The van der Waals surface area contributed by atoms with Gasteiger partial charge in [-0.1, -0.05) is 0 Å². The minimum absolute atomic E-state index is 0.910. The van der Waals surface area contributed by atoms with Crippen LogP contribution in [0.2, 0.25) is 0 Å². The van der Waals surface area contributed by atoms with E-state index >= 15 is 0 Å². The van der Waals surface area contributed by atoms with Gasteiger partial charge < -0.3 is 10.0 Å². The molecule has 2 nitrogen and oxygen atoms in total. The Morgan fingerprint density at radius 3 is 1.62 bits per heavy atom. The van der Waals surface area contributed by atoms with Crippen molar-refractivity contribution in [2.75, 3.05) is 0 Å². The predicted octanol–water partition coefficient (Wildman–Crippen LogP) is 1.99. The van der Waals surface area contributed by atoms with E-state index in [2.05, 4.69) is 26.0 Å². The lowest BCUT2D eigenvalue weighted by Gasteiger charge is -2.07. The number of hydrogen-bond donors (Lipinski definition) is 2. The van der Waals surface area contributed by atoms with Gasteiger partial charge in [0.15, 0.2) is 0 Å². The van der Waals surface area contributed by atoms with E-state index in [-0.39, 0.29) is 0 Å². The molecule has 2 heterocycles. The van der Waals surface area contributed by atoms with Gasteiger partial charge in [-0.05, 0) is 67.5 Å². The first-order valence-electron chi connectivity index (χ1n) is 7.02. The van der Waals surface area contributed by atoms with E-state index in [9.17, 15) is 10.0 Å². The Hall–Kier alpha value is -0.810. The van der Waals surface area contributed by atoms with Crippen LogP contribution >= 0.6 is 22.7 Å². The van der Waals surface area contributed by atoms with Gasteiger partial charge in [-0.2, -0.15) is 22.7 Å². The van der Waals surface area contributed by atoms with E-state index in [4.69, 9.17) is 0 Å². The summed E-state index contributed by atoms with van der Waals surface area (Å²) < 4.78 is 1.82. The van der Waals surface area contributed by atoms with Gasteiger partial charge in [0.05, 0.1) is 0 Å². The van der Waals surface area contributed by atoms with Crippen molar-refractivity contribution in [2.24, 2.45) is 0 Å². The fraction of sp³-hybridized carbons (Fsp3) is 0.333. The molecule has 0 aromatic carbocycles. The fourth-order valence-electron chi connectivity index (χ4n) is 3.07. The lowest BCUT2D eigenvalue weighted by Crippen LogP contribution is -2.07. The molecule has 6 heteroatoms. The molecular weight excluding hydrogens is 298 g/mol. The monoisotopic (exact) mass is 314 g/mol. The van der Waals surface area contributed by atoms with Crippen LogP contribution in [-0.4, -0.2) is 25.0 Å². The second kappa shape index (κ2) is 6.13. The molecule has 0 unspecified atom stereocenters. The van der Waals surface area contributed by atoms with Gasteiger partial charge in [-0.3, -0.25) is 0 Å². The van der Waals surface area contributed by atoms with Crippen LogP contribution < -0.4 is 9.55 Å². The van der Waals surface area contributed by atoms with Gasteiger partial charge in [0.2, 0.25) is 0 Å². The summed E-state index contributed by atoms with van der Waals surface area (Å²) in [7, 11) is 2.37.